The van der Waals surface area contributed by atoms with Crippen LogP contribution in [0.25, 0.3) is 111 Å². The van der Waals surface area contributed by atoms with Gasteiger partial charge in [-0.2, -0.15) is 0 Å². The number of hydrogen-bond acceptors (Lipinski definition) is 5. The second-order valence-corrected chi connectivity index (χ2v) is 36.7. The van der Waals surface area contributed by atoms with Crippen LogP contribution in [0.2, 0.25) is 0 Å². The molecule has 5 heterocycles. The maximum absolute atomic E-state index is 14.3. The molecule has 2 aliphatic carbocycles. The smallest absolute Gasteiger partial charge is 0.232 e. The highest BCUT2D eigenvalue weighted by atomic mass is 19.1. The molecule has 15 aromatic rings. The molecule has 0 spiro atoms. The Morgan fingerprint density at radius 2 is 0.570 bits per heavy atom. The zero-order valence-corrected chi connectivity index (χ0v) is 80.7. The van der Waals surface area contributed by atoms with E-state index in [1.54, 1.807) is 0 Å². The van der Waals surface area contributed by atoms with E-state index >= 15 is 0 Å². The van der Waals surface area contributed by atoms with E-state index in [1.807, 2.05) is 210 Å². The normalized spacial score (nSPS) is 12.8. The van der Waals surface area contributed by atoms with Gasteiger partial charge in [0.1, 0.15) is 57.6 Å². The number of aryl methyl sites for hydroxylation is 10. The van der Waals surface area contributed by atoms with Crippen molar-refractivity contribution in [3.63, 3.8) is 0 Å². The van der Waals surface area contributed by atoms with Crippen LogP contribution in [0.5, 0.6) is 0 Å². The van der Waals surface area contributed by atoms with Crippen LogP contribution < -0.4 is 22.8 Å². The summed E-state index contributed by atoms with van der Waals surface area (Å²) in [7, 11) is 10.1. The van der Waals surface area contributed by atoms with Crippen LogP contribution in [0.15, 0.2) is 153 Å². The van der Waals surface area contributed by atoms with Gasteiger partial charge < -0.3 is 0 Å². The summed E-state index contributed by atoms with van der Waals surface area (Å²) in [6.45, 7) is 41.9. The fourth-order valence-corrected chi connectivity index (χ4v) is 19.5. The molecule has 17 rings (SSSR count). The van der Waals surface area contributed by atoms with Crippen LogP contribution >= 0.6 is 0 Å². The van der Waals surface area contributed by atoms with Crippen molar-refractivity contribution in [1.29, 1.82) is 0 Å². The van der Waals surface area contributed by atoms with Gasteiger partial charge in [0.2, 0.25) is 0 Å². The molecule has 0 aliphatic heterocycles. The Hall–Kier alpha value is -11.5. The average Bonchev–Trinajstić information content (AvgIpc) is 0.769. The number of halogens is 5. The molecule has 0 saturated heterocycles. The first-order chi connectivity index (χ1) is 61.1. The lowest BCUT2D eigenvalue weighted by atomic mass is 9.79. The molecule has 0 atom stereocenters. The Morgan fingerprint density at radius 3 is 0.930 bits per heavy atom. The molecule has 10 aromatic carbocycles. The lowest BCUT2D eigenvalue weighted by Gasteiger charge is -2.25. The van der Waals surface area contributed by atoms with Gasteiger partial charge in [-0.15, -0.1) is 0 Å². The van der Waals surface area contributed by atoms with Crippen LogP contribution in [0, 0.1) is 133 Å². The number of benzene rings is 10. The van der Waals surface area contributed by atoms with Crippen molar-refractivity contribution in [1.82, 2.24) is 24.9 Å². The van der Waals surface area contributed by atoms with E-state index in [4.69, 9.17) is 4.98 Å². The highest BCUT2D eigenvalue weighted by Crippen LogP contribution is 2.44. The van der Waals surface area contributed by atoms with E-state index in [9.17, 15) is 22.0 Å². The van der Waals surface area contributed by atoms with Gasteiger partial charge in [0, 0.05) is 33.4 Å². The summed E-state index contributed by atoms with van der Waals surface area (Å²) < 4.78 is 81.8. The van der Waals surface area contributed by atoms with E-state index in [2.05, 4.69) is 166 Å². The van der Waals surface area contributed by atoms with Crippen molar-refractivity contribution in [2.75, 3.05) is 0 Å². The summed E-state index contributed by atoms with van der Waals surface area (Å²) in [5, 5.41) is 5.66. The molecule has 2 saturated carbocycles. The highest BCUT2D eigenvalue weighted by molar-refractivity contribution is 5.97. The van der Waals surface area contributed by atoms with E-state index in [1.165, 1.54) is 66.3 Å². The van der Waals surface area contributed by atoms with Crippen LogP contribution in [-0.2, 0) is 35.2 Å². The second-order valence-electron chi connectivity index (χ2n) is 36.7. The maximum Gasteiger partial charge on any atom is 0.287 e. The van der Waals surface area contributed by atoms with Crippen molar-refractivity contribution in [3.05, 3.63) is 293 Å². The maximum atomic E-state index is 14.3. The molecule has 0 N–H and O–H groups in total. The lowest BCUT2D eigenvalue weighted by Crippen LogP contribution is -2.32. The molecule has 128 heavy (non-hydrogen) atoms. The Kier molecular flexibility index (Phi) is 29.2. The number of rotatable bonds is 16. The van der Waals surface area contributed by atoms with Crippen molar-refractivity contribution in [2.24, 2.45) is 35.2 Å². The first-order valence-corrected chi connectivity index (χ1v) is 46.4. The van der Waals surface area contributed by atoms with E-state index in [-0.39, 0.29) is 29.1 Å². The largest absolute Gasteiger partial charge is 0.287 e. The van der Waals surface area contributed by atoms with Crippen LogP contribution in [-0.4, -0.2) is 24.9 Å². The Bertz CT molecular complexity index is 6690. The van der Waals surface area contributed by atoms with Gasteiger partial charge in [0.15, 0.2) is 27.6 Å². The number of aromatic nitrogens is 10. The number of hydrogen-bond donors (Lipinski definition) is 0. The van der Waals surface area contributed by atoms with E-state index in [0.29, 0.717) is 57.4 Å². The van der Waals surface area contributed by atoms with Gasteiger partial charge >= 0.3 is 0 Å². The third-order valence-corrected chi connectivity index (χ3v) is 28.8. The number of para-hydroxylation sites is 1. The van der Waals surface area contributed by atoms with Crippen molar-refractivity contribution in [2.45, 2.75) is 252 Å². The zero-order valence-electron chi connectivity index (χ0n) is 80.7. The molecule has 0 amide bonds. The first kappa shape index (κ1) is 94.2. The van der Waals surface area contributed by atoms with E-state index < -0.39 is 0 Å². The topological polar surface area (TPSA) is 83.8 Å². The second kappa shape index (κ2) is 39.7. The molecule has 664 valence electrons. The summed E-state index contributed by atoms with van der Waals surface area (Å²) in [5.74, 6) is 2.47. The molecule has 0 radical (unpaired) electrons. The van der Waals surface area contributed by atoms with Gasteiger partial charge in [0.05, 0.1) is 62.2 Å². The van der Waals surface area contributed by atoms with Gasteiger partial charge in [-0.25, -0.2) is 44.8 Å². The molecule has 5 aromatic heterocycles. The molecule has 0 bridgehead atoms. The summed E-state index contributed by atoms with van der Waals surface area (Å²) in [6, 6.07) is 42.8. The Morgan fingerprint density at radius 1 is 0.281 bits per heavy atom. The number of nitrogens with zero attached hydrogens (tertiary/aromatic N) is 10. The molecule has 2 fully saturated rings. The quantitative estimate of drug-likeness (QED) is 0.0711. The molecular formula is C113H132F5N10+5. The summed E-state index contributed by atoms with van der Waals surface area (Å²) >= 11 is 0. The third-order valence-electron chi connectivity index (χ3n) is 28.8. The van der Waals surface area contributed by atoms with Crippen molar-refractivity contribution in [3.8, 4) is 56.3 Å². The minimum Gasteiger partial charge on any atom is -0.232 e. The Labute approximate surface area is 756 Å². The fraction of sp³-hybridized carbons (Fsp3) is 0.381. The summed E-state index contributed by atoms with van der Waals surface area (Å²) in [6.07, 6.45) is 23.8. The summed E-state index contributed by atoms with van der Waals surface area (Å²) in [4.78, 5) is 23.3. The average molecular weight is 1730 g/mol. The van der Waals surface area contributed by atoms with Crippen molar-refractivity contribution < 1.29 is 44.8 Å². The predicted octanol–water partition coefficient (Wildman–Crippen LogP) is 27.2. The molecule has 2 aliphatic rings. The first-order valence-electron chi connectivity index (χ1n) is 46.4. The van der Waals surface area contributed by atoms with Crippen molar-refractivity contribution >= 4 is 54.5 Å². The fourth-order valence-electron chi connectivity index (χ4n) is 19.5. The highest BCUT2D eigenvalue weighted by Gasteiger charge is 2.31. The van der Waals surface area contributed by atoms with Gasteiger partial charge in [-0.05, 0) is 413 Å². The zero-order chi connectivity index (χ0) is 92.5. The van der Waals surface area contributed by atoms with Crippen LogP contribution in [0.1, 0.15) is 259 Å². The lowest BCUT2D eigenvalue weighted by molar-refractivity contribution is -0.662. The molecule has 10 nitrogen and oxygen atoms in total. The van der Waals surface area contributed by atoms with Gasteiger partial charge in [-0.1, -0.05) is 90.8 Å². The number of fused-ring (bicyclic) bond motifs is 5. The third kappa shape index (κ3) is 18.4. The van der Waals surface area contributed by atoms with Gasteiger partial charge in [-0.3, -0.25) is 0 Å². The Balaban J connectivity index is 0.000000137. The van der Waals surface area contributed by atoms with Crippen LogP contribution in [0.4, 0.5) is 22.0 Å². The van der Waals surface area contributed by atoms with Gasteiger partial charge in [0.25, 0.3) is 31.6 Å². The minimum atomic E-state index is -0.108. The standard InChI is InChI=1S/3C23H28FN2.2C22H24FN2/c1-7-17(8-2)18-9-10-21-20(12-18)23(26(6)13-25-21)19-11-14(3)22(24)16(5)15(19)4;1-7-17(8-2)18-9-10-19-21(12-18)25-13-26(6)23(19)20-11-14(3)22(24)16(5)15(20)4;1-7-17(8-2)18-10-9-11-19-22(18)25-13-26(6)23(19)20-12-14(3)21(24)16(5)15(20)4;1-13-10-18(14(2)15(3)21(13)23)22-19-11-17(16-6-5-7-16)8-9-20(19)24-12-25(22)4;1-13-10-19(14(2)15(3)21(13)23)22-18-9-8-17(16-6-5-7-16)11-20(18)24-12-25(22)4/h3*9-13,17H,7-8H2,1-6H3;2*8-12,16H,5-7H2,1-4H3/q5*+1. The SMILES string of the molecule is CCC(CC)c1ccc2c(-c3cc(C)c(F)c(C)c3C)[n+](C)cnc2c1.CCC(CC)c1ccc2nc[n+](C)c(-c3cc(C)c(F)c(C)c3C)c2c1.CCC(CC)c1cccc2c(-c3cc(C)c(F)c(C)c3C)[n+](C)cnc12.Cc1cc(-c2c3cc(C4CCC4)ccc3nc[n+]2C)c(C)c(C)c1F.Cc1cc(-c2c3ccc(C4CCC4)cc3nc[n+]2C)c(C)c(C)c1F. The van der Waals surface area contributed by atoms with Crippen LogP contribution in [0.3, 0.4) is 0 Å². The molecule has 0 unspecified atom stereocenters. The minimum absolute atomic E-state index is 0.0996. The van der Waals surface area contributed by atoms with E-state index in [0.717, 1.165) is 205 Å². The monoisotopic (exact) mass is 1720 g/mol. The predicted molar refractivity (Wildman–Crippen MR) is 516 cm³/mol. The molecular weight excluding hydrogens is 1590 g/mol. The molecule has 15 heteroatoms. The summed E-state index contributed by atoms with van der Waals surface area (Å²) in [5.41, 5.74) is 34.8.